The maximum atomic E-state index is 11.2. The predicted molar refractivity (Wildman–Crippen MR) is 57.0 cm³/mol. The Labute approximate surface area is 86.1 Å². The fraction of sp³-hybridized carbons (Fsp3) is 0.900. The van der Waals surface area contributed by atoms with E-state index in [0.717, 1.165) is 0 Å². The van der Waals surface area contributed by atoms with E-state index in [9.17, 15) is 9.90 Å². The SMILES string of the molecule is CC(C)NC(=O)CNC(C)C(C)(C)O. The molecule has 4 heteroatoms. The fourth-order valence-electron chi connectivity index (χ4n) is 0.869. The van der Waals surface area contributed by atoms with Crippen LogP contribution in [0.25, 0.3) is 0 Å². The molecular weight excluding hydrogens is 180 g/mol. The number of amides is 1. The van der Waals surface area contributed by atoms with Gasteiger partial charge in [0.25, 0.3) is 0 Å². The van der Waals surface area contributed by atoms with E-state index in [1.54, 1.807) is 13.8 Å². The predicted octanol–water partition coefficient (Wildman–Crippen LogP) is 0.260. The molecule has 0 fully saturated rings. The summed E-state index contributed by atoms with van der Waals surface area (Å²) in [7, 11) is 0. The molecule has 0 aromatic carbocycles. The zero-order valence-corrected chi connectivity index (χ0v) is 9.72. The van der Waals surface area contributed by atoms with Crippen molar-refractivity contribution < 1.29 is 9.90 Å². The minimum absolute atomic E-state index is 0.0453. The van der Waals surface area contributed by atoms with E-state index in [4.69, 9.17) is 0 Å². The summed E-state index contributed by atoms with van der Waals surface area (Å²) >= 11 is 0. The molecule has 3 N–H and O–H groups in total. The van der Waals surface area contributed by atoms with E-state index in [1.807, 2.05) is 20.8 Å². The van der Waals surface area contributed by atoms with Crippen LogP contribution in [0.5, 0.6) is 0 Å². The first kappa shape index (κ1) is 13.4. The Hall–Kier alpha value is -0.610. The molecule has 0 bridgehead atoms. The number of rotatable bonds is 5. The Bertz CT molecular complexity index is 185. The molecule has 0 saturated heterocycles. The molecular formula is C10H22N2O2. The fourth-order valence-corrected chi connectivity index (χ4v) is 0.869. The van der Waals surface area contributed by atoms with Gasteiger partial charge in [-0.2, -0.15) is 0 Å². The van der Waals surface area contributed by atoms with Crippen LogP contribution in [0.4, 0.5) is 0 Å². The second kappa shape index (κ2) is 5.32. The highest BCUT2D eigenvalue weighted by atomic mass is 16.3. The van der Waals surface area contributed by atoms with Gasteiger partial charge in [-0.05, 0) is 34.6 Å². The van der Waals surface area contributed by atoms with Crippen LogP contribution in [0.3, 0.4) is 0 Å². The highest BCUT2D eigenvalue weighted by molar-refractivity contribution is 5.78. The summed E-state index contributed by atoms with van der Waals surface area (Å²) in [5.74, 6) is -0.0453. The van der Waals surface area contributed by atoms with Crippen molar-refractivity contribution in [3.63, 3.8) is 0 Å². The highest BCUT2D eigenvalue weighted by Crippen LogP contribution is 2.06. The van der Waals surface area contributed by atoms with Crippen LogP contribution in [0.15, 0.2) is 0 Å². The first-order valence-electron chi connectivity index (χ1n) is 4.98. The van der Waals surface area contributed by atoms with Gasteiger partial charge in [0.2, 0.25) is 5.91 Å². The molecule has 0 radical (unpaired) electrons. The molecule has 1 amide bonds. The summed E-state index contributed by atoms with van der Waals surface area (Å²) in [6, 6.07) is 0.0437. The third kappa shape index (κ3) is 5.94. The number of hydrogen-bond acceptors (Lipinski definition) is 3. The molecule has 0 saturated carbocycles. The van der Waals surface area contributed by atoms with Gasteiger partial charge in [0.15, 0.2) is 0 Å². The van der Waals surface area contributed by atoms with Gasteiger partial charge in [-0.25, -0.2) is 0 Å². The lowest BCUT2D eigenvalue weighted by Crippen LogP contribution is -2.48. The Morgan fingerprint density at radius 3 is 2.21 bits per heavy atom. The second-order valence-corrected chi connectivity index (χ2v) is 4.48. The van der Waals surface area contributed by atoms with Crippen molar-refractivity contribution in [3.05, 3.63) is 0 Å². The Morgan fingerprint density at radius 2 is 1.86 bits per heavy atom. The third-order valence-electron chi connectivity index (χ3n) is 2.08. The van der Waals surface area contributed by atoms with Crippen LogP contribution in [0.1, 0.15) is 34.6 Å². The van der Waals surface area contributed by atoms with E-state index in [0.29, 0.717) is 0 Å². The quantitative estimate of drug-likeness (QED) is 0.599. The number of nitrogens with one attached hydrogen (secondary N) is 2. The number of hydrogen-bond donors (Lipinski definition) is 3. The van der Waals surface area contributed by atoms with Crippen molar-refractivity contribution in [2.75, 3.05) is 6.54 Å². The first-order chi connectivity index (χ1) is 6.23. The maximum Gasteiger partial charge on any atom is 0.234 e. The Kier molecular flexibility index (Phi) is 5.08. The standard InChI is InChI=1S/C10H22N2O2/c1-7(2)12-9(13)6-11-8(3)10(4,5)14/h7-8,11,14H,6H2,1-5H3,(H,12,13). The molecule has 0 aliphatic heterocycles. The minimum atomic E-state index is -0.807. The lowest BCUT2D eigenvalue weighted by Gasteiger charge is -2.26. The van der Waals surface area contributed by atoms with Crippen LogP contribution in [0, 0.1) is 0 Å². The van der Waals surface area contributed by atoms with Crippen LogP contribution >= 0.6 is 0 Å². The van der Waals surface area contributed by atoms with Crippen molar-refractivity contribution >= 4 is 5.91 Å². The molecule has 84 valence electrons. The molecule has 14 heavy (non-hydrogen) atoms. The smallest absolute Gasteiger partial charge is 0.234 e. The lowest BCUT2D eigenvalue weighted by atomic mass is 10.0. The van der Waals surface area contributed by atoms with Gasteiger partial charge < -0.3 is 15.7 Å². The largest absolute Gasteiger partial charge is 0.389 e. The Balaban J connectivity index is 3.78. The summed E-state index contributed by atoms with van der Waals surface area (Å²) in [4.78, 5) is 11.2. The average molecular weight is 202 g/mol. The number of carbonyl (C=O) groups is 1. The van der Waals surface area contributed by atoms with Gasteiger partial charge >= 0.3 is 0 Å². The van der Waals surface area contributed by atoms with Gasteiger partial charge in [-0.15, -0.1) is 0 Å². The summed E-state index contributed by atoms with van der Waals surface area (Å²) in [5.41, 5.74) is -0.807. The zero-order chi connectivity index (χ0) is 11.4. The summed E-state index contributed by atoms with van der Waals surface area (Å²) in [6.07, 6.45) is 0. The molecule has 0 heterocycles. The maximum absolute atomic E-state index is 11.2. The summed E-state index contributed by atoms with van der Waals surface area (Å²) < 4.78 is 0. The molecule has 0 aromatic heterocycles. The topological polar surface area (TPSA) is 61.4 Å². The Morgan fingerprint density at radius 1 is 1.36 bits per heavy atom. The molecule has 0 aromatic rings. The van der Waals surface area contributed by atoms with E-state index in [1.165, 1.54) is 0 Å². The lowest BCUT2D eigenvalue weighted by molar-refractivity contribution is -0.121. The van der Waals surface area contributed by atoms with Crippen LogP contribution < -0.4 is 10.6 Å². The average Bonchev–Trinajstić information content (AvgIpc) is 1.96. The van der Waals surface area contributed by atoms with E-state index in [2.05, 4.69) is 10.6 Å². The van der Waals surface area contributed by atoms with E-state index in [-0.39, 0.29) is 24.5 Å². The molecule has 4 nitrogen and oxygen atoms in total. The normalized spacial score (nSPS) is 14.2. The molecule has 1 unspecified atom stereocenters. The zero-order valence-electron chi connectivity index (χ0n) is 9.72. The molecule has 0 rings (SSSR count). The van der Waals surface area contributed by atoms with Crippen LogP contribution in [-0.2, 0) is 4.79 Å². The van der Waals surface area contributed by atoms with Crippen molar-refractivity contribution in [3.8, 4) is 0 Å². The summed E-state index contributed by atoms with van der Waals surface area (Å²) in [5, 5.41) is 15.3. The van der Waals surface area contributed by atoms with Gasteiger partial charge in [0.1, 0.15) is 0 Å². The molecule has 0 aliphatic rings. The highest BCUT2D eigenvalue weighted by Gasteiger charge is 2.22. The van der Waals surface area contributed by atoms with Crippen molar-refractivity contribution in [2.45, 2.75) is 52.3 Å². The monoisotopic (exact) mass is 202 g/mol. The van der Waals surface area contributed by atoms with Gasteiger partial charge in [0, 0.05) is 12.1 Å². The van der Waals surface area contributed by atoms with Gasteiger partial charge in [0.05, 0.1) is 12.1 Å². The van der Waals surface area contributed by atoms with E-state index >= 15 is 0 Å². The molecule has 1 atom stereocenters. The minimum Gasteiger partial charge on any atom is -0.389 e. The van der Waals surface area contributed by atoms with Gasteiger partial charge in [-0.3, -0.25) is 4.79 Å². The van der Waals surface area contributed by atoms with Gasteiger partial charge in [-0.1, -0.05) is 0 Å². The van der Waals surface area contributed by atoms with E-state index < -0.39 is 5.60 Å². The van der Waals surface area contributed by atoms with Crippen LogP contribution in [0.2, 0.25) is 0 Å². The van der Waals surface area contributed by atoms with Crippen molar-refractivity contribution in [1.82, 2.24) is 10.6 Å². The number of carbonyl (C=O) groups excluding carboxylic acids is 1. The summed E-state index contributed by atoms with van der Waals surface area (Å²) in [6.45, 7) is 9.34. The van der Waals surface area contributed by atoms with Crippen LogP contribution in [-0.4, -0.2) is 35.2 Å². The third-order valence-corrected chi connectivity index (χ3v) is 2.08. The first-order valence-corrected chi connectivity index (χ1v) is 4.98. The second-order valence-electron chi connectivity index (χ2n) is 4.48. The molecule has 0 spiro atoms. The van der Waals surface area contributed by atoms with Crippen molar-refractivity contribution in [1.29, 1.82) is 0 Å². The number of aliphatic hydroxyl groups is 1. The van der Waals surface area contributed by atoms with Crippen molar-refractivity contribution in [2.24, 2.45) is 0 Å². The molecule has 0 aliphatic carbocycles.